The summed E-state index contributed by atoms with van der Waals surface area (Å²) < 4.78 is 4.86. The summed E-state index contributed by atoms with van der Waals surface area (Å²) in [5, 5.41) is 8.72. The van der Waals surface area contributed by atoms with Gasteiger partial charge in [0.15, 0.2) is 0 Å². The number of esters is 1. The highest BCUT2D eigenvalue weighted by molar-refractivity contribution is 5.65. The molecule has 0 aliphatic rings. The third-order valence-electron chi connectivity index (χ3n) is 2.32. The molecule has 88 valence electrons. The molecule has 0 aliphatic carbocycles. The molecule has 0 saturated heterocycles. The molecule has 0 heterocycles. The van der Waals surface area contributed by atoms with Crippen molar-refractivity contribution in [2.75, 3.05) is 0 Å². The highest BCUT2D eigenvalue weighted by atomic mass is 17.1. The molecule has 0 atom stereocenters. The highest BCUT2D eigenvalue weighted by Gasteiger charge is 2.21. The van der Waals surface area contributed by atoms with Crippen molar-refractivity contribution in [1.82, 2.24) is 0 Å². The normalized spacial score (nSPS) is 11.2. The number of hydrogen-bond donors (Lipinski definition) is 1. The molecule has 0 aliphatic heterocycles. The van der Waals surface area contributed by atoms with E-state index in [1.807, 2.05) is 24.3 Å². The number of carbonyl (C=O) groups excluding carboxylic acids is 1. The maximum Gasteiger partial charge on any atom is 0.302 e. The number of benzene rings is 1. The van der Waals surface area contributed by atoms with E-state index >= 15 is 0 Å². The van der Waals surface area contributed by atoms with E-state index in [0.29, 0.717) is 0 Å². The van der Waals surface area contributed by atoms with Crippen LogP contribution in [-0.4, -0.2) is 11.2 Å². The minimum Gasteiger partial charge on any atom is -0.461 e. The molecular formula is C12H16O4. The summed E-state index contributed by atoms with van der Waals surface area (Å²) in [5.74, 6) is -0.303. The van der Waals surface area contributed by atoms with Crippen molar-refractivity contribution in [1.29, 1.82) is 0 Å². The summed E-state index contributed by atoms with van der Waals surface area (Å²) in [5.41, 5.74) is 1.01. The molecule has 4 nitrogen and oxygen atoms in total. The van der Waals surface area contributed by atoms with E-state index in [1.54, 1.807) is 13.8 Å². The first-order valence-corrected chi connectivity index (χ1v) is 5.01. The van der Waals surface area contributed by atoms with Crippen LogP contribution in [0, 0.1) is 0 Å². The van der Waals surface area contributed by atoms with Gasteiger partial charge in [0.1, 0.15) is 12.2 Å². The second kappa shape index (κ2) is 5.09. The van der Waals surface area contributed by atoms with Crippen LogP contribution in [0.4, 0.5) is 0 Å². The van der Waals surface area contributed by atoms with Crippen LogP contribution < -0.4 is 0 Å². The zero-order chi connectivity index (χ0) is 12.2. The number of rotatable bonds is 4. The molecule has 4 heteroatoms. The molecule has 16 heavy (non-hydrogen) atoms. The monoisotopic (exact) mass is 224 g/mol. The van der Waals surface area contributed by atoms with Gasteiger partial charge in [0.2, 0.25) is 0 Å². The number of hydrogen-bond acceptors (Lipinski definition) is 4. The lowest BCUT2D eigenvalue weighted by atomic mass is 9.97. The Morgan fingerprint density at radius 3 is 2.31 bits per heavy atom. The van der Waals surface area contributed by atoms with Gasteiger partial charge in [0.25, 0.3) is 0 Å². The quantitative estimate of drug-likeness (QED) is 0.485. The molecule has 0 bridgehead atoms. The van der Waals surface area contributed by atoms with Crippen molar-refractivity contribution in [3.8, 4) is 0 Å². The first-order chi connectivity index (χ1) is 7.45. The largest absolute Gasteiger partial charge is 0.461 e. The highest BCUT2D eigenvalue weighted by Crippen LogP contribution is 2.23. The summed E-state index contributed by atoms with van der Waals surface area (Å²) in [6.07, 6.45) is 0. The Kier molecular flexibility index (Phi) is 4.04. The zero-order valence-electron chi connectivity index (χ0n) is 9.69. The fraction of sp³-hybridized carbons (Fsp3) is 0.417. The second-order valence-corrected chi connectivity index (χ2v) is 4.08. The van der Waals surface area contributed by atoms with Crippen LogP contribution in [0.1, 0.15) is 31.9 Å². The molecule has 1 N–H and O–H groups in total. The van der Waals surface area contributed by atoms with Crippen LogP contribution in [0.3, 0.4) is 0 Å². The molecule has 0 radical (unpaired) electrons. The molecule has 0 saturated carbocycles. The third kappa shape index (κ3) is 3.32. The van der Waals surface area contributed by atoms with Gasteiger partial charge in [0, 0.05) is 6.92 Å². The average Bonchev–Trinajstić information content (AvgIpc) is 2.27. The van der Waals surface area contributed by atoms with Crippen molar-refractivity contribution in [2.24, 2.45) is 0 Å². The van der Waals surface area contributed by atoms with Gasteiger partial charge in [-0.3, -0.25) is 10.1 Å². The van der Waals surface area contributed by atoms with Crippen LogP contribution >= 0.6 is 0 Å². The maximum absolute atomic E-state index is 10.6. The van der Waals surface area contributed by atoms with E-state index < -0.39 is 5.60 Å². The molecule has 1 aromatic rings. The van der Waals surface area contributed by atoms with Gasteiger partial charge in [-0.1, -0.05) is 24.3 Å². The summed E-state index contributed by atoms with van der Waals surface area (Å²) in [4.78, 5) is 15.0. The minimum absolute atomic E-state index is 0.260. The van der Waals surface area contributed by atoms with E-state index in [-0.39, 0.29) is 12.6 Å². The summed E-state index contributed by atoms with van der Waals surface area (Å²) in [6, 6.07) is 7.32. The van der Waals surface area contributed by atoms with E-state index in [2.05, 4.69) is 4.89 Å². The standard InChI is InChI=1S/C12H16O4/c1-9(13)15-8-10-4-6-11(7-5-10)12(2,3)16-14/h4-7,14H,8H2,1-3H3. The Labute approximate surface area is 94.7 Å². The molecule has 0 spiro atoms. The Morgan fingerprint density at radius 1 is 1.31 bits per heavy atom. The molecular weight excluding hydrogens is 208 g/mol. The van der Waals surface area contributed by atoms with Gasteiger partial charge in [-0.15, -0.1) is 0 Å². The first kappa shape index (κ1) is 12.7. The summed E-state index contributed by atoms with van der Waals surface area (Å²) in [7, 11) is 0. The average molecular weight is 224 g/mol. The maximum atomic E-state index is 10.6. The topological polar surface area (TPSA) is 55.8 Å². The second-order valence-electron chi connectivity index (χ2n) is 4.08. The minimum atomic E-state index is -0.736. The van der Waals surface area contributed by atoms with Crippen LogP contribution in [0.25, 0.3) is 0 Å². The van der Waals surface area contributed by atoms with Gasteiger partial charge in [-0.2, -0.15) is 0 Å². The van der Waals surface area contributed by atoms with E-state index in [1.165, 1.54) is 6.92 Å². The lowest BCUT2D eigenvalue weighted by Gasteiger charge is -2.20. The smallest absolute Gasteiger partial charge is 0.302 e. The first-order valence-electron chi connectivity index (χ1n) is 5.01. The lowest BCUT2D eigenvalue weighted by molar-refractivity contribution is -0.318. The zero-order valence-corrected chi connectivity index (χ0v) is 9.69. The molecule has 0 fully saturated rings. The molecule has 0 amide bonds. The van der Waals surface area contributed by atoms with E-state index in [9.17, 15) is 4.79 Å². The van der Waals surface area contributed by atoms with Gasteiger partial charge in [-0.25, -0.2) is 4.89 Å². The Balaban J connectivity index is 2.71. The Bertz CT molecular complexity index is 354. The number of carbonyl (C=O) groups is 1. The van der Waals surface area contributed by atoms with Crippen molar-refractivity contribution < 1.29 is 19.7 Å². The number of ether oxygens (including phenoxy) is 1. The third-order valence-corrected chi connectivity index (χ3v) is 2.32. The predicted molar refractivity (Wildman–Crippen MR) is 58.7 cm³/mol. The predicted octanol–water partition coefficient (Wildman–Crippen LogP) is 2.47. The molecule has 0 aromatic heterocycles. The Hall–Kier alpha value is -1.39. The van der Waals surface area contributed by atoms with Crippen LogP contribution in [-0.2, 0) is 26.6 Å². The summed E-state index contributed by atoms with van der Waals surface area (Å²) >= 11 is 0. The van der Waals surface area contributed by atoms with Crippen molar-refractivity contribution >= 4 is 5.97 Å². The molecule has 0 unspecified atom stereocenters. The van der Waals surface area contributed by atoms with E-state index in [4.69, 9.17) is 9.99 Å². The molecule has 1 aromatic carbocycles. The van der Waals surface area contributed by atoms with Crippen molar-refractivity contribution in [2.45, 2.75) is 33.0 Å². The van der Waals surface area contributed by atoms with Gasteiger partial charge >= 0.3 is 5.97 Å². The summed E-state index contributed by atoms with van der Waals surface area (Å²) in [6.45, 7) is 5.15. The van der Waals surface area contributed by atoms with Gasteiger partial charge < -0.3 is 4.74 Å². The van der Waals surface area contributed by atoms with Crippen LogP contribution in [0.15, 0.2) is 24.3 Å². The fourth-order valence-electron chi connectivity index (χ4n) is 1.24. The van der Waals surface area contributed by atoms with Crippen molar-refractivity contribution in [3.05, 3.63) is 35.4 Å². The van der Waals surface area contributed by atoms with E-state index in [0.717, 1.165) is 11.1 Å². The van der Waals surface area contributed by atoms with Crippen LogP contribution in [0.2, 0.25) is 0 Å². The molecule has 1 rings (SSSR count). The SMILES string of the molecule is CC(=O)OCc1ccc(C(C)(C)OO)cc1. The fourth-order valence-corrected chi connectivity index (χ4v) is 1.24. The van der Waals surface area contributed by atoms with Crippen LogP contribution in [0.5, 0.6) is 0 Å². The Morgan fingerprint density at radius 2 is 1.88 bits per heavy atom. The lowest BCUT2D eigenvalue weighted by Crippen LogP contribution is -2.19. The van der Waals surface area contributed by atoms with Gasteiger partial charge in [0.05, 0.1) is 0 Å². The van der Waals surface area contributed by atoms with Crippen molar-refractivity contribution in [3.63, 3.8) is 0 Å². The van der Waals surface area contributed by atoms with Gasteiger partial charge in [-0.05, 0) is 25.0 Å².